The van der Waals surface area contributed by atoms with Gasteiger partial charge in [-0.3, -0.25) is 4.79 Å². The first-order valence-electron chi connectivity index (χ1n) is 6.78. The highest BCUT2D eigenvalue weighted by Crippen LogP contribution is 2.29. The summed E-state index contributed by atoms with van der Waals surface area (Å²) in [6.07, 6.45) is -3.31. The molecule has 24 heavy (non-hydrogen) atoms. The van der Waals surface area contributed by atoms with Crippen molar-refractivity contribution >= 4 is 0 Å². The number of hydrogen-bond acceptors (Lipinski definition) is 6. The average molecular weight is 340 g/mol. The number of alkyl halides is 3. The van der Waals surface area contributed by atoms with Gasteiger partial charge in [0, 0.05) is 24.8 Å². The molecule has 0 spiro atoms. The maximum atomic E-state index is 12.5. The Balaban J connectivity index is 1.89. The molecule has 0 aliphatic heterocycles. The number of aromatic nitrogens is 4. The van der Waals surface area contributed by atoms with Crippen LogP contribution in [0.5, 0.6) is 0 Å². The summed E-state index contributed by atoms with van der Waals surface area (Å²) in [6.45, 7) is 3.60. The number of oxazole rings is 1. The Morgan fingerprint density at radius 1 is 1.25 bits per heavy atom. The largest absolute Gasteiger partial charge is 0.471 e. The predicted octanol–water partition coefficient (Wildman–Crippen LogP) is 2.57. The van der Waals surface area contributed by atoms with E-state index in [9.17, 15) is 18.0 Å². The first-order valence-corrected chi connectivity index (χ1v) is 6.78. The van der Waals surface area contributed by atoms with E-state index in [2.05, 4.69) is 19.6 Å². The van der Waals surface area contributed by atoms with E-state index in [1.807, 2.05) is 0 Å². The molecule has 0 amide bonds. The molecule has 0 unspecified atom stereocenters. The minimum atomic E-state index is -4.73. The Kier molecular flexibility index (Phi) is 3.74. The number of nitrogens with zero attached hydrogens (tertiary/aromatic N) is 4. The van der Waals surface area contributed by atoms with E-state index in [1.165, 1.54) is 16.8 Å². The van der Waals surface area contributed by atoms with Gasteiger partial charge in [-0.2, -0.15) is 18.2 Å². The second kappa shape index (κ2) is 5.62. The van der Waals surface area contributed by atoms with Crippen LogP contribution in [0.4, 0.5) is 13.2 Å². The average Bonchev–Trinajstić information content (AvgIpc) is 3.08. The number of pyridine rings is 1. The van der Waals surface area contributed by atoms with Gasteiger partial charge in [-0.05, 0) is 13.0 Å². The molecule has 0 aliphatic carbocycles. The summed E-state index contributed by atoms with van der Waals surface area (Å²) >= 11 is 0. The van der Waals surface area contributed by atoms with Crippen LogP contribution in [-0.2, 0) is 12.7 Å². The number of halogens is 3. The van der Waals surface area contributed by atoms with Crippen molar-refractivity contribution in [1.82, 2.24) is 19.7 Å². The molecule has 0 saturated heterocycles. The molecule has 0 bridgehead atoms. The minimum absolute atomic E-state index is 0.128. The van der Waals surface area contributed by atoms with Crippen molar-refractivity contribution in [3.63, 3.8) is 0 Å². The summed E-state index contributed by atoms with van der Waals surface area (Å²) in [6, 6.07) is 2.56. The molecule has 3 rings (SSSR count). The lowest BCUT2D eigenvalue weighted by Gasteiger charge is -2.04. The van der Waals surface area contributed by atoms with Gasteiger partial charge in [0.1, 0.15) is 11.5 Å². The molecule has 3 aromatic rings. The predicted molar refractivity (Wildman–Crippen MR) is 74.1 cm³/mol. The van der Waals surface area contributed by atoms with Crippen molar-refractivity contribution in [2.75, 3.05) is 0 Å². The van der Waals surface area contributed by atoms with Crippen molar-refractivity contribution in [3.05, 3.63) is 51.9 Å². The first-order chi connectivity index (χ1) is 11.2. The molecule has 126 valence electrons. The van der Waals surface area contributed by atoms with E-state index in [4.69, 9.17) is 4.42 Å². The molecule has 0 N–H and O–H groups in total. The summed E-state index contributed by atoms with van der Waals surface area (Å²) in [5.74, 6) is -0.689. The van der Waals surface area contributed by atoms with Crippen LogP contribution < -0.4 is 5.56 Å². The molecule has 0 aliphatic rings. The smallest absolute Gasteiger partial charge is 0.446 e. The molecule has 0 saturated carbocycles. The van der Waals surface area contributed by atoms with E-state index >= 15 is 0 Å². The van der Waals surface area contributed by atoms with Crippen LogP contribution in [0.15, 0.2) is 32.1 Å². The van der Waals surface area contributed by atoms with Gasteiger partial charge in [0.05, 0.1) is 6.54 Å². The Bertz CT molecular complexity index is 939. The van der Waals surface area contributed by atoms with Crippen molar-refractivity contribution < 1.29 is 22.1 Å². The van der Waals surface area contributed by atoms with Crippen molar-refractivity contribution in [1.29, 1.82) is 0 Å². The summed E-state index contributed by atoms with van der Waals surface area (Å²) in [5.41, 5.74) is 0.288. The summed E-state index contributed by atoms with van der Waals surface area (Å²) in [7, 11) is 0. The third-order valence-corrected chi connectivity index (χ3v) is 3.24. The number of hydrogen-bond donors (Lipinski definition) is 0. The van der Waals surface area contributed by atoms with E-state index in [1.54, 1.807) is 13.8 Å². The van der Waals surface area contributed by atoms with Gasteiger partial charge in [0.2, 0.25) is 5.82 Å². The molecule has 0 atom stereocenters. The quantitative estimate of drug-likeness (QED) is 0.728. The highest BCUT2D eigenvalue weighted by molar-refractivity contribution is 5.52. The highest BCUT2D eigenvalue weighted by Gasteiger charge is 2.38. The lowest BCUT2D eigenvalue weighted by molar-refractivity contribution is -0.159. The van der Waals surface area contributed by atoms with Crippen LogP contribution in [0.1, 0.15) is 23.2 Å². The van der Waals surface area contributed by atoms with Crippen molar-refractivity contribution in [2.24, 2.45) is 0 Å². The summed E-state index contributed by atoms with van der Waals surface area (Å²) < 4.78 is 48.2. The fraction of sp³-hybridized carbons (Fsp3) is 0.286. The van der Waals surface area contributed by atoms with Crippen LogP contribution in [0.3, 0.4) is 0 Å². The Hall–Kier alpha value is -2.91. The molecule has 3 heterocycles. The summed E-state index contributed by atoms with van der Waals surface area (Å²) in [4.78, 5) is 19.5. The lowest BCUT2D eigenvalue weighted by atomic mass is 10.2. The first kappa shape index (κ1) is 16.0. The van der Waals surface area contributed by atoms with E-state index < -0.39 is 17.6 Å². The van der Waals surface area contributed by atoms with Crippen LogP contribution >= 0.6 is 0 Å². The van der Waals surface area contributed by atoms with Gasteiger partial charge >= 0.3 is 12.1 Å². The lowest BCUT2D eigenvalue weighted by Crippen LogP contribution is -2.19. The molecular formula is C14H11F3N4O3. The fourth-order valence-electron chi connectivity index (χ4n) is 2.11. The minimum Gasteiger partial charge on any atom is -0.446 e. The molecule has 10 heteroatoms. The van der Waals surface area contributed by atoms with E-state index in [0.717, 1.165) is 6.07 Å². The zero-order valence-corrected chi connectivity index (χ0v) is 12.6. The van der Waals surface area contributed by atoms with Crippen molar-refractivity contribution in [3.8, 4) is 11.4 Å². The maximum Gasteiger partial charge on any atom is 0.471 e. The number of rotatable bonds is 3. The zero-order valence-electron chi connectivity index (χ0n) is 12.6. The van der Waals surface area contributed by atoms with E-state index in [-0.39, 0.29) is 17.9 Å². The van der Waals surface area contributed by atoms with Gasteiger partial charge in [0.15, 0.2) is 5.89 Å². The SMILES string of the molecule is Cc1nc(Cn2ccc(-c3noc(C(F)(F)F)n3)cc2=O)c(C)o1. The molecule has 7 nitrogen and oxygen atoms in total. The van der Waals surface area contributed by atoms with Crippen molar-refractivity contribution in [2.45, 2.75) is 26.6 Å². The maximum absolute atomic E-state index is 12.5. The molecular weight excluding hydrogens is 329 g/mol. The van der Waals surface area contributed by atoms with Gasteiger partial charge in [-0.15, -0.1) is 0 Å². The normalized spacial score (nSPS) is 11.9. The van der Waals surface area contributed by atoms with Crippen LogP contribution in [0, 0.1) is 13.8 Å². The van der Waals surface area contributed by atoms with Crippen LogP contribution in [-0.4, -0.2) is 19.7 Å². The number of aryl methyl sites for hydroxylation is 2. The third kappa shape index (κ3) is 3.07. The van der Waals surface area contributed by atoms with Crippen LogP contribution in [0.2, 0.25) is 0 Å². The fourth-order valence-corrected chi connectivity index (χ4v) is 2.11. The third-order valence-electron chi connectivity index (χ3n) is 3.24. The Morgan fingerprint density at radius 3 is 2.54 bits per heavy atom. The molecule has 0 radical (unpaired) electrons. The van der Waals surface area contributed by atoms with Crippen LogP contribution in [0.25, 0.3) is 11.4 Å². The Labute approximate surface area is 132 Å². The molecule has 0 aromatic carbocycles. The molecule has 0 fully saturated rings. The summed E-state index contributed by atoms with van der Waals surface area (Å²) in [5, 5.41) is 3.24. The Morgan fingerprint density at radius 2 is 2.00 bits per heavy atom. The van der Waals surface area contributed by atoms with Gasteiger partial charge in [-0.1, -0.05) is 5.16 Å². The standard InChI is InChI=1S/C14H11F3N4O3/c1-7-10(18-8(2)23-7)6-21-4-3-9(5-11(21)22)12-19-13(24-20-12)14(15,16)17/h3-5H,6H2,1-2H3. The second-order valence-electron chi connectivity index (χ2n) is 5.04. The van der Waals surface area contributed by atoms with E-state index in [0.29, 0.717) is 17.3 Å². The topological polar surface area (TPSA) is 87.0 Å². The highest BCUT2D eigenvalue weighted by atomic mass is 19.4. The molecule has 3 aromatic heterocycles. The zero-order chi connectivity index (χ0) is 17.5. The van der Waals surface area contributed by atoms with Gasteiger partial charge in [-0.25, -0.2) is 4.98 Å². The van der Waals surface area contributed by atoms with Gasteiger partial charge < -0.3 is 13.5 Å². The van der Waals surface area contributed by atoms with Gasteiger partial charge in [0.25, 0.3) is 5.56 Å². The second-order valence-corrected chi connectivity index (χ2v) is 5.04. The monoisotopic (exact) mass is 340 g/mol.